The van der Waals surface area contributed by atoms with Crippen LogP contribution >= 0.6 is 0 Å². The SMILES string of the molecule is C[Si](=O)c1ccccc1.C[Si](C)=O. The third kappa shape index (κ3) is 7.61. The monoisotopic (exact) mass is 210 g/mol. The van der Waals surface area contributed by atoms with Gasteiger partial charge in [0.15, 0.2) is 0 Å². The molecule has 0 aliphatic heterocycles. The lowest BCUT2D eigenvalue weighted by atomic mass is 10.4. The summed E-state index contributed by atoms with van der Waals surface area (Å²) in [7, 11) is -2.59. The lowest BCUT2D eigenvalue weighted by molar-refractivity contribution is 0.569. The summed E-state index contributed by atoms with van der Waals surface area (Å²) in [6, 6.07) is 9.51. The summed E-state index contributed by atoms with van der Waals surface area (Å²) in [6.07, 6.45) is 0. The zero-order valence-corrected chi connectivity index (χ0v) is 10.2. The summed E-state index contributed by atoms with van der Waals surface area (Å²) >= 11 is 0. The molecule has 0 heterocycles. The van der Waals surface area contributed by atoms with Crippen LogP contribution in [0.15, 0.2) is 30.3 Å². The third-order valence-electron chi connectivity index (χ3n) is 1.18. The van der Waals surface area contributed by atoms with Crippen molar-refractivity contribution < 1.29 is 8.92 Å². The largest absolute Gasteiger partial charge is 0.389 e. The molecule has 0 radical (unpaired) electrons. The van der Waals surface area contributed by atoms with Gasteiger partial charge >= 0.3 is 8.68 Å². The van der Waals surface area contributed by atoms with E-state index >= 15 is 0 Å². The molecule has 2 nitrogen and oxygen atoms in total. The van der Waals surface area contributed by atoms with Crippen molar-refractivity contribution in [2.75, 3.05) is 0 Å². The maximum Gasteiger partial charge on any atom is 0.308 e. The van der Waals surface area contributed by atoms with Gasteiger partial charge in [0.05, 0.1) is 0 Å². The molecule has 0 fully saturated rings. The van der Waals surface area contributed by atoms with Crippen molar-refractivity contribution >= 4 is 22.6 Å². The van der Waals surface area contributed by atoms with Crippen LogP contribution in [-0.4, -0.2) is 17.4 Å². The number of hydrogen-bond donors (Lipinski definition) is 0. The minimum absolute atomic E-state index is 0.961. The summed E-state index contributed by atoms with van der Waals surface area (Å²) in [5, 5.41) is 0.961. The smallest absolute Gasteiger partial charge is 0.308 e. The van der Waals surface area contributed by atoms with E-state index in [0.717, 1.165) is 5.19 Å². The third-order valence-corrected chi connectivity index (χ3v) is 2.33. The van der Waals surface area contributed by atoms with E-state index in [0.29, 0.717) is 0 Å². The Balaban J connectivity index is 0.000000310. The molecule has 0 aliphatic carbocycles. The van der Waals surface area contributed by atoms with Crippen molar-refractivity contribution in [1.82, 2.24) is 0 Å². The Morgan fingerprint density at radius 1 is 0.923 bits per heavy atom. The van der Waals surface area contributed by atoms with Crippen LogP contribution in [0.5, 0.6) is 0 Å². The highest BCUT2D eigenvalue weighted by atomic mass is 28.3. The van der Waals surface area contributed by atoms with E-state index in [9.17, 15) is 8.92 Å². The molecular formula is C9H14O2Si2. The molecule has 1 rings (SSSR count). The van der Waals surface area contributed by atoms with Crippen LogP contribution in [0, 0.1) is 0 Å². The first-order valence-corrected chi connectivity index (χ1v) is 8.39. The number of benzene rings is 1. The maximum atomic E-state index is 10.8. The zero-order chi connectivity index (χ0) is 10.3. The van der Waals surface area contributed by atoms with Crippen molar-refractivity contribution in [3.05, 3.63) is 30.3 Å². The van der Waals surface area contributed by atoms with Crippen LogP contribution in [0.2, 0.25) is 19.6 Å². The van der Waals surface area contributed by atoms with Crippen LogP contribution in [0.1, 0.15) is 0 Å². The highest BCUT2D eigenvalue weighted by Crippen LogP contribution is 1.81. The molecular weight excluding hydrogens is 196 g/mol. The molecule has 1 aromatic rings. The van der Waals surface area contributed by atoms with Gasteiger partial charge < -0.3 is 8.92 Å². The van der Waals surface area contributed by atoms with Gasteiger partial charge in [-0.25, -0.2) is 0 Å². The molecule has 0 unspecified atom stereocenters. The average Bonchev–Trinajstić information content (AvgIpc) is 2.05. The summed E-state index contributed by atoms with van der Waals surface area (Å²) < 4.78 is 20.5. The van der Waals surface area contributed by atoms with Gasteiger partial charge in [0.1, 0.15) is 0 Å². The van der Waals surface area contributed by atoms with Crippen LogP contribution < -0.4 is 5.19 Å². The fourth-order valence-electron chi connectivity index (χ4n) is 0.673. The Morgan fingerprint density at radius 2 is 1.31 bits per heavy atom. The second kappa shape index (κ2) is 6.74. The normalized spacial score (nSPS) is 8.23. The summed E-state index contributed by atoms with van der Waals surface area (Å²) in [5.74, 6) is 0. The van der Waals surface area contributed by atoms with Gasteiger partial charge in [0, 0.05) is 0 Å². The predicted octanol–water partition coefficient (Wildman–Crippen LogP) is 1.61. The first-order valence-electron chi connectivity index (χ1n) is 4.07. The van der Waals surface area contributed by atoms with Crippen molar-refractivity contribution in [1.29, 1.82) is 0 Å². The fourth-order valence-corrected chi connectivity index (χ4v) is 1.33. The molecule has 0 N–H and O–H groups in total. The van der Waals surface area contributed by atoms with E-state index in [4.69, 9.17) is 0 Å². The van der Waals surface area contributed by atoms with Crippen molar-refractivity contribution in [3.8, 4) is 0 Å². The molecule has 0 aromatic heterocycles. The van der Waals surface area contributed by atoms with Gasteiger partial charge in [0.2, 0.25) is 0 Å². The Morgan fingerprint density at radius 3 is 1.54 bits per heavy atom. The van der Waals surface area contributed by atoms with Gasteiger partial charge in [-0.1, -0.05) is 30.3 Å². The van der Waals surface area contributed by atoms with E-state index in [2.05, 4.69) is 0 Å². The van der Waals surface area contributed by atoms with Gasteiger partial charge in [-0.2, -0.15) is 0 Å². The van der Waals surface area contributed by atoms with E-state index in [-0.39, 0.29) is 0 Å². The van der Waals surface area contributed by atoms with E-state index in [1.165, 1.54) is 0 Å². The van der Waals surface area contributed by atoms with Crippen molar-refractivity contribution in [2.24, 2.45) is 0 Å². The molecule has 0 spiro atoms. The van der Waals surface area contributed by atoms with Crippen LogP contribution in [0.3, 0.4) is 0 Å². The maximum absolute atomic E-state index is 10.8. The minimum Gasteiger partial charge on any atom is -0.389 e. The molecule has 0 saturated carbocycles. The second-order valence-electron chi connectivity index (χ2n) is 2.83. The van der Waals surface area contributed by atoms with E-state index in [1.54, 1.807) is 19.6 Å². The molecule has 0 aliphatic rings. The Bertz CT molecular complexity index is 279. The summed E-state index contributed by atoms with van der Waals surface area (Å²) in [4.78, 5) is 0. The molecule has 0 saturated heterocycles. The molecule has 4 heteroatoms. The topological polar surface area (TPSA) is 34.1 Å². The quantitative estimate of drug-likeness (QED) is 0.660. The Hall–Kier alpha value is -0.746. The highest BCUT2D eigenvalue weighted by molar-refractivity contribution is 6.58. The molecule has 70 valence electrons. The van der Waals surface area contributed by atoms with E-state index in [1.807, 2.05) is 30.3 Å². The number of rotatable bonds is 1. The molecule has 0 amide bonds. The highest BCUT2D eigenvalue weighted by Gasteiger charge is 1.96. The van der Waals surface area contributed by atoms with Crippen LogP contribution in [-0.2, 0) is 8.92 Å². The first-order chi connectivity index (χ1) is 6.04. The van der Waals surface area contributed by atoms with Gasteiger partial charge in [-0.15, -0.1) is 0 Å². The molecule has 13 heavy (non-hydrogen) atoms. The minimum atomic E-state index is -1.46. The van der Waals surface area contributed by atoms with Crippen molar-refractivity contribution in [2.45, 2.75) is 19.6 Å². The Labute approximate surface area is 81.9 Å². The lowest BCUT2D eigenvalue weighted by Crippen LogP contribution is -2.15. The molecule has 1 aromatic carbocycles. The fraction of sp³-hybridized carbons (Fsp3) is 0.333. The lowest BCUT2D eigenvalue weighted by Gasteiger charge is -1.87. The standard InChI is InChI=1S/C7H8OSi.C2H6OSi/c1-9(8)7-5-3-2-4-6-7;1-4(2)3/h2-6H,1H3;1-2H3. The zero-order valence-electron chi connectivity index (χ0n) is 8.20. The van der Waals surface area contributed by atoms with Gasteiger partial charge in [-0.3, -0.25) is 0 Å². The van der Waals surface area contributed by atoms with Crippen molar-refractivity contribution in [3.63, 3.8) is 0 Å². The Kier molecular flexibility index (Phi) is 6.35. The van der Waals surface area contributed by atoms with Crippen LogP contribution in [0.4, 0.5) is 0 Å². The molecule has 0 atom stereocenters. The molecule has 0 bridgehead atoms. The second-order valence-corrected chi connectivity index (χ2v) is 6.34. The average molecular weight is 210 g/mol. The number of hydrogen-bond acceptors (Lipinski definition) is 2. The van der Waals surface area contributed by atoms with E-state index < -0.39 is 17.4 Å². The summed E-state index contributed by atoms with van der Waals surface area (Å²) in [6.45, 7) is 5.18. The first kappa shape index (κ1) is 12.3. The van der Waals surface area contributed by atoms with Gasteiger partial charge in [0.25, 0.3) is 8.68 Å². The van der Waals surface area contributed by atoms with Gasteiger partial charge in [-0.05, 0) is 24.8 Å². The van der Waals surface area contributed by atoms with Crippen LogP contribution in [0.25, 0.3) is 0 Å². The summed E-state index contributed by atoms with van der Waals surface area (Å²) in [5.41, 5.74) is 0. The predicted molar refractivity (Wildman–Crippen MR) is 56.5 cm³/mol.